The lowest BCUT2D eigenvalue weighted by molar-refractivity contribution is 0.0999. The molecule has 0 aromatic heterocycles. The fourth-order valence-electron chi connectivity index (χ4n) is 1.75. The number of nitrogens with one attached hydrogen (secondary N) is 1. The molecule has 0 aliphatic rings. The van der Waals surface area contributed by atoms with Gasteiger partial charge in [-0.05, 0) is 24.8 Å². The van der Waals surface area contributed by atoms with E-state index in [4.69, 9.17) is 5.73 Å². The van der Waals surface area contributed by atoms with Crippen LogP contribution in [0.15, 0.2) is 24.3 Å². The lowest BCUT2D eigenvalue weighted by atomic mass is 10.1. The molecule has 0 saturated heterocycles. The first-order valence-corrected chi connectivity index (χ1v) is 7.13. The highest BCUT2D eigenvalue weighted by molar-refractivity contribution is 7.99. The van der Waals surface area contributed by atoms with E-state index in [1.807, 2.05) is 25.3 Å². The van der Waals surface area contributed by atoms with Gasteiger partial charge < -0.3 is 16.2 Å². The molecular formula is C13H20N2O2S. The highest BCUT2D eigenvalue weighted by Crippen LogP contribution is 2.12. The highest BCUT2D eigenvalue weighted by atomic mass is 32.2. The van der Waals surface area contributed by atoms with Crippen molar-refractivity contribution in [1.29, 1.82) is 0 Å². The number of nitrogens with two attached hydrogens (primary N) is 1. The van der Waals surface area contributed by atoms with Crippen LogP contribution in [0.3, 0.4) is 0 Å². The van der Waals surface area contributed by atoms with Gasteiger partial charge in [0.1, 0.15) is 0 Å². The fraction of sp³-hybridized carbons (Fsp3) is 0.462. The third-order valence-electron chi connectivity index (χ3n) is 2.94. The van der Waals surface area contributed by atoms with Crippen LogP contribution in [0.5, 0.6) is 0 Å². The summed E-state index contributed by atoms with van der Waals surface area (Å²) in [4.78, 5) is 11.3. The summed E-state index contributed by atoms with van der Waals surface area (Å²) in [5.41, 5.74) is 6.75. The standard InChI is InChI=1S/C13H20N2O2S/c1-9(12(8-16)18-2)15-7-10-5-3-4-6-11(10)13(14)17/h3-6,9,12,15-16H,7-8H2,1-2H3,(H2,14,17). The number of benzene rings is 1. The van der Waals surface area contributed by atoms with E-state index in [-0.39, 0.29) is 17.9 Å². The first-order valence-electron chi connectivity index (χ1n) is 5.85. The summed E-state index contributed by atoms with van der Waals surface area (Å²) in [5.74, 6) is -0.413. The minimum atomic E-state index is -0.413. The summed E-state index contributed by atoms with van der Waals surface area (Å²) in [6.07, 6.45) is 1.97. The van der Waals surface area contributed by atoms with Crippen LogP contribution in [0.25, 0.3) is 0 Å². The zero-order valence-electron chi connectivity index (χ0n) is 10.7. The second kappa shape index (κ2) is 7.41. The molecule has 5 heteroatoms. The highest BCUT2D eigenvalue weighted by Gasteiger charge is 2.15. The van der Waals surface area contributed by atoms with Gasteiger partial charge in [0.05, 0.1) is 6.61 Å². The Labute approximate surface area is 112 Å². The molecule has 100 valence electrons. The molecule has 0 fully saturated rings. The zero-order chi connectivity index (χ0) is 13.5. The Hall–Kier alpha value is -1.04. The van der Waals surface area contributed by atoms with Crippen molar-refractivity contribution in [3.05, 3.63) is 35.4 Å². The number of hydrogen-bond donors (Lipinski definition) is 3. The van der Waals surface area contributed by atoms with Crippen molar-refractivity contribution in [3.63, 3.8) is 0 Å². The molecule has 4 nitrogen and oxygen atoms in total. The van der Waals surface area contributed by atoms with Crippen molar-refractivity contribution in [2.75, 3.05) is 12.9 Å². The summed E-state index contributed by atoms with van der Waals surface area (Å²) in [6.45, 7) is 2.72. The summed E-state index contributed by atoms with van der Waals surface area (Å²) < 4.78 is 0. The Morgan fingerprint density at radius 2 is 2.17 bits per heavy atom. The first kappa shape index (κ1) is 15.0. The summed E-state index contributed by atoms with van der Waals surface area (Å²) in [7, 11) is 0. The molecule has 2 unspecified atom stereocenters. The number of hydrogen-bond acceptors (Lipinski definition) is 4. The monoisotopic (exact) mass is 268 g/mol. The lowest BCUT2D eigenvalue weighted by Gasteiger charge is -2.21. The molecular weight excluding hydrogens is 248 g/mol. The Balaban J connectivity index is 2.66. The lowest BCUT2D eigenvalue weighted by Crippen LogP contribution is -2.37. The predicted molar refractivity (Wildman–Crippen MR) is 75.7 cm³/mol. The first-order chi connectivity index (χ1) is 8.60. The number of amides is 1. The maximum Gasteiger partial charge on any atom is 0.249 e. The molecule has 0 aliphatic carbocycles. The van der Waals surface area contributed by atoms with Crippen molar-refractivity contribution in [2.45, 2.75) is 24.8 Å². The molecule has 0 aliphatic heterocycles. The smallest absolute Gasteiger partial charge is 0.249 e. The third-order valence-corrected chi connectivity index (χ3v) is 4.10. The Morgan fingerprint density at radius 3 is 2.72 bits per heavy atom. The van der Waals surface area contributed by atoms with Crippen LogP contribution in [0, 0.1) is 0 Å². The summed E-state index contributed by atoms with van der Waals surface area (Å²) in [5, 5.41) is 12.7. The average Bonchev–Trinajstić information content (AvgIpc) is 2.38. The second-order valence-corrected chi connectivity index (χ2v) is 5.22. The van der Waals surface area contributed by atoms with Gasteiger partial charge in [-0.3, -0.25) is 4.79 Å². The van der Waals surface area contributed by atoms with Gasteiger partial charge in [0.15, 0.2) is 0 Å². The minimum absolute atomic E-state index is 0.132. The molecule has 0 heterocycles. The van der Waals surface area contributed by atoms with Gasteiger partial charge in [-0.15, -0.1) is 0 Å². The van der Waals surface area contributed by atoms with Crippen molar-refractivity contribution in [3.8, 4) is 0 Å². The molecule has 4 N–H and O–H groups in total. The maximum atomic E-state index is 11.3. The number of rotatable bonds is 7. The van der Waals surface area contributed by atoms with Crippen molar-refractivity contribution in [1.82, 2.24) is 5.32 Å². The van der Waals surface area contributed by atoms with E-state index in [0.29, 0.717) is 12.1 Å². The van der Waals surface area contributed by atoms with Crippen molar-refractivity contribution < 1.29 is 9.90 Å². The largest absolute Gasteiger partial charge is 0.395 e. The van der Waals surface area contributed by atoms with Crippen LogP contribution in [0.4, 0.5) is 0 Å². The van der Waals surface area contributed by atoms with Crippen LogP contribution in [0.1, 0.15) is 22.8 Å². The number of aliphatic hydroxyl groups excluding tert-OH is 1. The second-order valence-electron chi connectivity index (χ2n) is 4.15. The van der Waals surface area contributed by atoms with E-state index in [0.717, 1.165) is 5.56 Å². The minimum Gasteiger partial charge on any atom is -0.395 e. The topological polar surface area (TPSA) is 75.3 Å². The molecule has 0 saturated carbocycles. The molecule has 1 aromatic carbocycles. The van der Waals surface area contributed by atoms with Gasteiger partial charge in [-0.25, -0.2) is 0 Å². The van der Waals surface area contributed by atoms with Gasteiger partial charge >= 0.3 is 0 Å². The summed E-state index contributed by atoms with van der Waals surface area (Å²) in [6, 6.07) is 7.44. The maximum absolute atomic E-state index is 11.3. The van der Waals surface area contributed by atoms with Gasteiger partial charge in [0.25, 0.3) is 0 Å². The van der Waals surface area contributed by atoms with Gasteiger partial charge in [-0.2, -0.15) is 11.8 Å². The molecule has 0 spiro atoms. The number of primary amides is 1. The van der Waals surface area contributed by atoms with E-state index < -0.39 is 5.91 Å². The fourth-order valence-corrected chi connectivity index (χ4v) is 2.41. The van der Waals surface area contributed by atoms with E-state index in [2.05, 4.69) is 5.32 Å². The van der Waals surface area contributed by atoms with E-state index in [1.165, 1.54) is 0 Å². The number of aliphatic hydroxyl groups is 1. The molecule has 0 bridgehead atoms. The van der Waals surface area contributed by atoms with Crippen molar-refractivity contribution in [2.24, 2.45) is 5.73 Å². The molecule has 1 amide bonds. The normalized spacial score (nSPS) is 14.2. The SMILES string of the molecule is CSC(CO)C(C)NCc1ccccc1C(N)=O. The Bertz CT molecular complexity index is 394. The molecule has 0 radical (unpaired) electrons. The van der Waals surface area contributed by atoms with Gasteiger partial charge in [-0.1, -0.05) is 18.2 Å². The van der Waals surface area contributed by atoms with Gasteiger partial charge in [0.2, 0.25) is 5.91 Å². The van der Waals surface area contributed by atoms with E-state index >= 15 is 0 Å². The quantitative estimate of drug-likeness (QED) is 0.689. The molecule has 1 rings (SSSR count). The Kier molecular flexibility index (Phi) is 6.18. The van der Waals surface area contributed by atoms with E-state index in [1.54, 1.807) is 23.9 Å². The summed E-state index contributed by atoms with van der Waals surface area (Å²) >= 11 is 1.62. The van der Waals surface area contributed by atoms with Crippen LogP contribution in [-0.2, 0) is 6.54 Å². The van der Waals surface area contributed by atoms with Crippen LogP contribution in [0.2, 0.25) is 0 Å². The predicted octanol–water partition coefficient (Wildman–Crippen LogP) is 0.987. The Morgan fingerprint density at radius 1 is 1.50 bits per heavy atom. The van der Waals surface area contributed by atoms with Gasteiger partial charge in [0, 0.05) is 23.4 Å². The van der Waals surface area contributed by atoms with Crippen molar-refractivity contribution >= 4 is 17.7 Å². The van der Waals surface area contributed by atoms with Crippen LogP contribution in [-0.4, -0.2) is 35.2 Å². The van der Waals surface area contributed by atoms with Crippen LogP contribution < -0.4 is 11.1 Å². The number of thioether (sulfide) groups is 1. The number of carbonyl (C=O) groups is 1. The average molecular weight is 268 g/mol. The third kappa shape index (κ3) is 4.01. The molecule has 2 atom stereocenters. The number of carbonyl (C=O) groups excluding carboxylic acids is 1. The van der Waals surface area contributed by atoms with Crippen LogP contribution >= 0.6 is 11.8 Å². The molecule has 1 aromatic rings. The molecule has 18 heavy (non-hydrogen) atoms. The van der Waals surface area contributed by atoms with E-state index in [9.17, 15) is 9.90 Å². The zero-order valence-corrected chi connectivity index (χ0v) is 11.5.